The highest BCUT2D eigenvalue weighted by Gasteiger charge is 2.38. The molecule has 3 nitrogen and oxygen atoms in total. The predicted octanol–water partition coefficient (Wildman–Crippen LogP) is 2.37. The van der Waals surface area contributed by atoms with Crippen molar-refractivity contribution in [3.63, 3.8) is 0 Å². The van der Waals surface area contributed by atoms with Crippen molar-refractivity contribution >= 4 is 5.78 Å². The molecule has 0 aromatic heterocycles. The average Bonchev–Trinajstić information content (AvgIpc) is 2.78. The summed E-state index contributed by atoms with van der Waals surface area (Å²) in [6, 6.07) is 6.89. The van der Waals surface area contributed by atoms with Crippen molar-refractivity contribution in [3.8, 4) is 17.0 Å². The molecule has 1 aromatic rings. The number of ketones is 1. The number of hydrogen-bond donors (Lipinski definition) is 1. The van der Waals surface area contributed by atoms with E-state index < -0.39 is 0 Å². The molecule has 0 atom stereocenters. The first kappa shape index (κ1) is 9.15. The summed E-state index contributed by atoms with van der Waals surface area (Å²) in [7, 11) is 1.50. The third-order valence-electron chi connectivity index (χ3n) is 2.71. The molecule has 0 unspecified atom stereocenters. The molecule has 0 radical (unpaired) electrons. The van der Waals surface area contributed by atoms with Crippen molar-refractivity contribution in [3.05, 3.63) is 41.3 Å². The maximum atomic E-state index is 12.8. The van der Waals surface area contributed by atoms with E-state index in [0.29, 0.717) is 28.3 Å². The Morgan fingerprint density at radius 2 is 2.12 bits per heavy atom. The number of H-pyrrole nitrogens is 1. The molecular formula is C12H8FNO2. The summed E-state index contributed by atoms with van der Waals surface area (Å²) in [5.41, 5.74) is 1.69. The summed E-state index contributed by atoms with van der Waals surface area (Å²) in [5, 5.41) is 0. The van der Waals surface area contributed by atoms with Gasteiger partial charge in [-0.1, -0.05) is 12.1 Å². The normalized spacial score (nSPS) is 11.4. The second-order valence-electron chi connectivity index (χ2n) is 3.59. The number of benzene rings is 1. The molecule has 0 amide bonds. The van der Waals surface area contributed by atoms with Gasteiger partial charge in [-0.25, -0.2) is 4.39 Å². The zero-order chi connectivity index (χ0) is 11.3. The number of carbonyl (C=O) groups is 1. The second kappa shape index (κ2) is 2.95. The molecule has 1 N–H and O–H groups in total. The van der Waals surface area contributed by atoms with E-state index in [2.05, 4.69) is 4.98 Å². The number of nitrogens with one attached hydrogen (secondary N) is 1. The van der Waals surface area contributed by atoms with Gasteiger partial charge in [-0.05, 0) is 12.1 Å². The van der Waals surface area contributed by atoms with Gasteiger partial charge in [-0.15, -0.1) is 0 Å². The molecule has 2 aliphatic rings. The molecule has 4 heteroatoms. The Labute approximate surface area is 90.9 Å². The third kappa shape index (κ3) is 1.04. The largest absolute Gasteiger partial charge is 0.496 e. The molecule has 0 bridgehead atoms. The van der Waals surface area contributed by atoms with Gasteiger partial charge in [0.15, 0.2) is 5.82 Å². The molecule has 1 aromatic carbocycles. The van der Waals surface area contributed by atoms with E-state index in [0.717, 1.165) is 0 Å². The lowest BCUT2D eigenvalue weighted by molar-refractivity contribution is 0.103. The van der Waals surface area contributed by atoms with E-state index in [1.807, 2.05) is 0 Å². The first-order chi connectivity index (χ1) is 7.74. The lowest BCUT2D eigenvalue weighted by atomic mass is 10.0. The van der Waals surface area contributed by atoms with Gasteiger partial charge in [0.2, 0.25) is 5.78 Å². The van der Waals surface area contributed by atoms with E-state index in [9.17, 15) is 9.18 Å². The molecule has 3 rings (SSSR count). The molecule has 1 heterocycles. The Kier molecular flexibility index (Phi) is 1.68. The fraction of sp³-hybridized carbons (Fsp3) is 0.0833. The third-order valence-corrected chi connectivity index (χ3v) is 2.71. The van der Waals surface area contributed by atoms with Gasteiger partial charge in [-0.3, -0.25) is 4.79 Å². The van der Waals surface area contributed by atoms with Gasteiger partial charge in [0.25, 0.3) is 0 Å². The zero-order valence-electron chi connectivity index (χ0n) is 8.50. The molecule has 1 aliphatic carbocycles. The van der Waals surface area contributed by atoms with Crippen LogP contribution in [0.4, 0.5) is 4.39 Å². The molecule has 16 heavy (non-hydrogen) atoms. The summed E-state index contributed by atoms with van der Waals surface area (Å²) in [4.78, 5) is 14.7. The minimum Gasteiger partial charge on any atom is -0.496 e. The van der Waals surface area contributed by atoms with Crippen molar-refractivity contribution in [2.45, 2.75) is 0 Å². The minimum atomic E-state index is -0.293. The van der Waals surface area contributed by atoms with Crippen LogP contribution in [0.25, 0.3) is 11.3 Å². The topological polar surface area (TPSA) is 42.1 Å². The van der Waals surface area contributed by atoms with Gasteiger partial charge >= 0.3 is 0 Å². The Morgan fingerprint density at radius 3 is 2.69 bits per heavy atom. The van der Waals surface area contributed by atoms with Gasteiger partial charge < -0.3 is 9.72 Å². The fourth-order valence-corrected chi connectivity index (χ4v) is 1.78. The van der Waals surface area contributed by atoms with Crippen molar-refractivity contribution in [2.75, 3.05) is 7.11 Å². The summed E-state index contributed by atoms with van der Waals surface area (Å²) >= 11 is 0. The highest BCUT2D eigenvalue weighted by atomic mass is 19.1. The van der Waals surface area contributed by atoms with E-state index in [4.69, 9.17) is 4.74 Å². The quantitative estimate of drug-likeness (QED) is 0.684. The highest BCUT2D eigenvalue weighted by molar-refractivity contribution is 6.17. The van der Waals surface area contributed by atoms with Crippen molar-refractivity contribution in [2.24, 2.45) is 0 Å². The van der Waals surface area contributed by atoms with E-state index in [-0.39, 0.29) is 11.6 Å². The summed E-state index contributed by atoms with van der Waals surface area (Å²) in [5.74, 6) is -0.0287. The fourth-order valence-electron chi connectivity index (χ4n) is 1.78. The number of aromatic nitrogens is 1. The van der Waals surface area contributed by atoms with E-state index in [1.54, 1.807) is 24.3 Å². The standard InChI is InChI=1S/C12H8FNO2/c1-16-7-5-3-2-4-6(7)12(15)11-8-9(13)10(8)14-11/h2-5,14H,1H3. The summed E-state index contributed by atoms with van der Waals surface area (Å²) in [6.45, 7) is 0. The van der Waals surface area contributed by atoms with Crippen LogP contribution in [0, 0.1) is 5.82 Å². The summed E-state index contributed by atoms with van der Waals surface area (Å²) in [6.07, 6.45) is 0. The smallest absolute Gasteiger partial charge is 0.213 e. The van der Waals surface area contributed by atoms with Crippen LogP contribution in [0.5, 0.6) is 5.75 Å². The van der Waals surface area contributed by atoms with Gasteiger partial charge in [0.05, 0.1) is 23.9 Å². The van der Waals surface area contributed by atoms with Crippen LogP contribution in [-0.2, 0) is 0 Å². The number of para-hydroxylation sites is 1. The Balaban J connectivity index is 2.02. The zero-order valence-corrected chi connectivity index (χ0v) is 8.50. The number of ether oxygens (including phenoxy) is 1. The van der Waals surface area contributed by atoms with Crippen molar-refractivity contribution in [1.29, 1.82) is 0 Å². The van der Waals surface area contributed by atoms with Gasteiger partial charge in [-0.2, -0.15) is 0 Å². The predicted molar refractivity (Wildman–Crippen MR) is 56.2 cm³/mol. The first-order valence-electron chi connectivity index (χ1n) is 4.83. The van der Waals surface area contributed by atoms with Crippen molar-refractivity contribution < 1.29 is 13.9 Å². The number of hydrogen-bond acceptors (Lipinski definition) is 2. The van der Waals surface area contributed by atoms with E-state index in [1.165, 1.54) is 7.11 Å². The second-order valence-corrected chi connectivity index (χ2v) is 3.59. The van der Waals surface area contributed by atoms with Gasteiger partial charge in [0.1, 0.15) is 11.4 Å². The summed E-state index contributed by atoms with van der Waals surface area (Å²) < 4.78 is 17.9. The number of halogens is 1. The number of fused-ring (bicyclic) bond motifs is 1. The Morgan fingerprint density at radius 1 is 1.38 bits per heavy atom. The number of aromatic amines is 1. The first-order valence-corrected chi connectivity index (χ1v) is 4.83. The number of carbonyl (C=O) groups excluding carboxylic acids is 1. The maximum Gasteiger partial charge on any atom is 0.213 e. The van der Waals surface area contributed by atoms with Crippen LogP contribution >= 0.6 is 0 Å². The molecular weight excluding hydrogens is 209 g/mol. The molecule has 1 aliphatic heterocycles. The van der Waals surface area contributed by atoms with Crippen LogP contribution in [0.15, 0.2) is 24.3 Å². The van der Waals surface area contributed by atoms with Crippen LogP contribution in [0.2, 0.25) is 0 Å². The van der Waals surface area contributed by atoms with Crippen LogP contribution in [0.1, 0.15) is 16.1 Å². The number of rotatable bonds is 3. The van der Waals surface area contributed by atoms with E-state index >= 15 is 0 Å². The SMILES string of the molecule is COc1ccccc1C(=O)c1[nH]c2c(F)c1-2. The highest BCUT2D eigenvalue weighted by Crippen LogP contribution is 2.45. The molecule has 0 spiro atoms. The molecule has 0 fully saturated rings. The maximum absolute atomic E-state index is 12.8. The minimum absolute atomic E-state index is 0.233. The van der Waals surface area contributed by atoms with Crippen LogP contribution in [-0.4, -0.2) is 17.9 Å². The van der Waals surface area contributed by atoms with Crippen LogP contribution < -0.4 is 4.74 Å². The molecule has 80 valence electrons. The Bertz CT molecular complexity index is 601. The van der Waals surface area contributed by atoms with Crippen molar-refractivity contribution in [1.82, 2.24) is 4.98 Å². The molecule has 0 saturated heterocycles. The van der Waals surface area contributed by atoms with Crippen LogP contribution in [0.3, 0.4) is 0 Å². The van der Waals surface area contributed by atoms with Gasteiger partial charge in [0, 0.05) is 0 Å². The monoisotopic (exact) mass is 217 g/mol. The Hall–Kier alpha value is -2.10. The molecule has 0 saturated carbocycles. The lowest BCUT2D eigenvalue weighted by Gasteiger charge is -2.08. The average molecular weight is 217 g/mol. The number of methoxy groups -OCH3 is 1. The lowest BCUT2D eigenvalue weighted by Crippen LogP contribution is -2.08.